The van der Waals surface area contributed by atoms with Crippen LogP contribution in [-0.2, 0) is 22.6 Å². The van der Waals surface area contributed by atoms with E-state index in [1.807, 2.05) is 95.9 Å². The minimum absolute atomic E-state index is 0.0899. The quantitative estimate of drug-likeness (QED) is 0.546. The van der Waals surface area contributed by atoms with E-state index in [0.29, 0.717) is 19.5 Å². The molecule has 0 spiro atoms. The highest BCUT2D eigenvalue weighted by molar-refractivity contribution is 5.86. The summed E-state index contributed by atoms with van der Waals surface area (Å²) < 4.78 is 5.38. The van der Waals surface area contributed by atoms with Crippen LogP contribution in [0.15, 0.2) is 91.0 Å². The summed E-state index contributed by atoms with van der Waals surface area (Å²) in [6.07, 6.45) is 0.677. The van der Waals surface area contributed by atoms with Crippen molar-refractivity contribution >= 4 is 17.7 Å². The summed E-state index contributed by atoms with van der Waals surface area (Å²) in [6.45, 7) is 1.40. The SMILES string of the molecule is O=C(NC(Cc1ccccc1)C(=O)N1CCC(Nc2ccccc2)C1)OCc1ccccc1. The molecular formula is C27H29N3O3. The summed E-state index contributed by atoms with van der Waals surface area (Å²) in [6, 6.07) is 28.7. The van der Waals surface area contributed by atoms with Crippen LogP contribution in [-0.4, -0.2) is 42.1 Å². The van der Waals surface area contributed by atoms with Crippen LogP contribution < -0.4 is 10.6 Å². The fourth-order valence-electron chi connectivity index (χ4n) is 4.03. The van der Waals surface area contributed by atoms with Crippen molar-refractivity contribution in [2.75, 3.05) is 18.4 Å². The molecule has 0 aromatic heterocycles. The second-order valence-corrected chi connectivity index (χ2v) is 8.23. The van der Waals surface area contributed by atoms with Crippen molar-refractivity contribution in [2.24, 2.45) is 0 Å². The van der Waals surface area contributed by atoms with Crippen LogP contribution in [0.1, 0.15) is 17.5 Å². The average Bonchev–Trinajstić information content (AvgIpc) is 3.32. The minimum Gasteiger partial charge on any atom is -0.445 e. The van der Waals surface area contributed by atoms with E-state index >= 15 is 0 Å². The predicted molar refractivity (Wildman–Crippen MR) is 129 cm³/mol. The van der Waals surface area contributed by atoms with Crippen molar-refractivity contribution in [3.8, 4) is 0 Å². The minimum atomic E-state index is -0.689. The van der Waals surface area contributed by atoms with Gasteiger partial charge in [0, 0.05) is 31.2 Å². The Morgan fingerprint density at radius 3 is 2.15 bits per heavy atom. The number of hydrogen-bond donors (Lipinski definition) is 2. The maximum absolute atomic E-state index is 13.4. The first-order valence-electron chi connectivity index (χ1n) is 11.3. The smallest absolute Gasteiger partial charge is 0.408 e. The van der Waals surface area contributed by atoms with Crippen LogP contribution in [0.5, 0.6) is 0 Å². The molecule has 0 bridgehead atoms. The molecule has 1 aliphatic heterocycles. The number of nitrogens with one attached hydrogen (secondary N) is 2. The number of carbonyl (C=O) groups excluding carboxylic acids is 2. The van der Waals surface area contributed by atoms with Gasteiger partial charge < -0.3 is 20.3 Å². The fraction of sp³-hybridized carbons (Fsp3) is 0.259. The van der Waals surface area contributed by atoms with Crippen molar-refractivity contribution in [3.63, 3.8) is 0 Å². The lowest BCUT2D eigenvalue weighted by molar-refractivity contribution is -0.132. The Morgan fingerprint density at radius 2 is 1.48 bits per heavy atom. The molecule has 1 heterocycles. The van der Waals surface area contributed by atoms with Crippen LogP contribution in [0.3, 0.4) is 0 Å². The second kappa shape index (κ2) is 11.2. The third-order valence-electron chi connectivity index (χ3n) is 5.73. The molecule has 3 aromatic rings. The molecule has 6 heteroatoms. The Morgan fingerprint density at radius 1 is 0.879 bits per heavy atom. The van der Waals surface area contributed by atoms with Crippen molar-refractivity contribution in [2.45, 2.75) is 31.5 Å². The molecule has 0 saturated carbocycles. The van der Waals surface area contributed by atoms with Crippen molar-refractivity contribution < 1.29 is 14.3 Å². The zero-order valence-electron chi connectivity index (χ0n) is 18.5. The van der Waals surface area contributed by atoms with Gasteiger partial charge in [-0.25, -0.2) is 4.79 Å². The molecule has 0 aliphatic carbocycles. The summed E-state index contributed by atoms with van der Waals surface area (Å²) >= 11 is 0. The van der Waals surface area contributed by atoms with Gasteiger partial charge in [-0.3, -0.25) is 4.79 Å². The maximum atomic E-state index is 13.4. The van der Waals surface area contributed by atoms with Gasteiger partial charge in [0.2, 0.25) is 5.91 Å². The molecule has 1 fully saturated rings. The second-order valence-electron chi connectivity index (χ2n) is 8.23. The summed E-state index contributed by atoms with van der Waals surface area (Å²) in [5, 5.41) is 6.29. The van der Waals surface area contributed by atoms with Gasteiger partial charge in [-0.2, -0.15) is 0 Å². The average molecular weight is 444 g/mol. The topological polar surface area (TPSA) is 70.7 Å². The van der Waals surface area contributed by atoms with E-state index in [1.165, 1.54) is 0 Å². The molecule has 170 valence electrons. The number of likely N-dealkylation sites (tertiary alicyclic amines) is 1. The van der Waals surface area contributed by atoms with Crippen LogP contribution >= 0.6 is 0 Å². The third-order valence-corrected chi connectivity index (χ3v) is 5.73. The lowest BCUT2D eigenvalue weighted by Gasteiger charge is -2.24. The number of benzene rings is 3. The van der Waals surface area contributed by atoms with E-state index in [9.17, 15) is 9.59 Å². The van der Waals surface area contributed by atoms with Gasteiger partial charge in [-0.05, 0) is 29.7 Å². The molecule has 1 saturated heterocycles. The largest absolute Gasteiger partial charge is 0.445 e. The zero-order valence-corrected chi connectivity index (χ0v) is 18.5. The van der Waals surface area contributed by atoms with Gasteiger partial charge >= 0.3 is 6.09 Å². The summed E-state index contributed by atoms with van der Waals surface area (Å²) in [5.74, 6) is -0.0899. The van der Waals surface area contributed by atoms with E-state index in [1.54, 1.807) is 0 Å². The molecule has 1 aliphatic rings. The van der Waals surface area contributed by atoms with Gasteiger partial charge in [-0.1, -0.05) is 78.9 Å². The van der Waals surface area contributed by atoms with Crippen LogP contribution in [0.4, 0.5) is 10.5 Å². The molecule has 2 unspecified atom stereocenters. The Hall–Kier alpha value is -3.80. The van der Waals surface area contributed by atoms with E-state index in [2.05, 4.69) is 10.6 Å². The monoisotopic (exact) mass is 443 g/mol. The molecule has 2 atom stereocenters. The van der Waals surface area contributed by atoms with Crippen molar-refractivity contribution in [1.29, 1.82) is 0 Å². The summed E-state index contributed by atoms with van der Waals surface area (Å²) in [5.41, 5.74) is 2.92. The standard InChI is InChI=1S/C27H29N3O3/c31-26(30-17-16-24(19-30)28-23-14-8-3-9-15-23)25(18-21-10-4-1-5-11-21)29-27(32)33-20-22-12-6-2-7-13-22/h1-15,24-25,28H,16-20H2,(H,29,32). The molecule has 33 heavy (non-hydrogen) atoms. The van der Waals surface area contributed by atoms with Gasteiger partial charge in [0.15, 0.2) is 0 Å². The number of para-hydroxylation sites is 1. The zero-order chi connectivity index (χ0) is 22.9. The summed E-state index contributed by atoms with van der Waals surface area (Å²) in [4.78, 5) is 27.7. The molecule has 4 rings (SSSR count). The molecule has 2 N–H and O–H groups in total. The van der Waals surface area contributed by atoms with Crippen LogP contribution in [0.25, 0.3) is 0 Å². The Labute approximate surface area is 194 Å². The number of anilines is 1. The Bertz CT molecular complexity index is 1030. The number of ether oxygens (including phenoxy) is 1. The number of nitrogens with zero attached hydrogens (tertiary/aromatic N) is 1. The van der Waals surface area contributed by atoms with Gasteiger partial charge in [0.25, 0.3) is 0 Å². The number of rotatable bonds is 8. The molecule has 6 nitrogen and oxygen atoms in total. The first-order valence-corrected chi connectivity index (χ1v) is 11.3. The first-order chi connectivity index (χ1) is 16.2. The van der Waals surface area contributed by atoms with E-state index in [4.69, 9.17) is 4.74 Å². The summed E-state index contributed by atoms with van der Waals surface area (Å²) in [7, 11) is 0. The first kappa shape index (κ1) is 22.4. The third kappa shape index (κ3) is 6.59. The highest BCUT2D eigenvalue weighted by Gasteiger charge is 2.32. The number of alkyl carbamates (subject to hydrolysis) is 1. The predicted octanol–water partition coefficient (Wildman–Crippen LogP) is 4.24. The maximum Gasteiger partial charge on any atom is 0.408 e. The van der Waals surface area contributed by atoms with Crippen LogP contribution in [0.2, 0.25) is 0 Å². The van der Waals surface area contributed by atoms with E-state index < -0.39 is 12.1 Å². The molecule has 3 aromatic carbocycles. The number of carbonyl (C=O) groups is 2. The highest BCUT2D eigenvalue weighted by atomic mass is 16.5. The molecule has 2 amide bonds. The highest BCUT2D eigenvalue weighted by Crippen LogP contribution is 2.17. The van der Waals surface area contributed by atoms with E-state index in [0.717, 1.165) is 23.2 Å². The van der Waals surface area contributed by atoms with Gasteiger partial charge in [0.1, 0.15) is 12.6 Å². The van der Waals surface area contributed by atoms with Gasteiger partial charge in [-0.15, -0.1) is 0 Å². The Kier molecular flexibility index (Phi) is 7.59. The van der Waals surface area contributed by atoms with Crippen molar-refractivity contribution in [3.05, 3.63) is 102 Å². The Balaban J connectivity index is 1.38. The normalized spacial score (nSPS) is 16.1. The van der Waals surface area contributed by atoms with Gasteiger partial charge in [0.05, 0.1) is 0 Å². The van der Waals surface area contributed by atoms with Crippen molar-refractivity contribution in [1.82, 2.24) is 10.2 Å². The lowest BCUT2D eigenvalue weighted by atomic mass is 10.1. The molecule has 0 radical (unpaired) electrons. The number of amides is 2. The molecular weight excluding hydrogens is 414 g/mol. The number of hydrogen-bond acceptors (Lipinski definition) is 4. The fourth-order valence-corrected chi connectivity index (χ4v) is 4.03. The van der Waals surface area contributed by atoms with Crippen LogP contribution in [0, 0.1) is 0 Å². The lowest BCUT2D eigenvalue weighted by Crippen LogP contribution is -2.49. The van der Waals surface area contributed by atoms with E-state index in [-0.39, 0.29) is 18.6 Å².